The molecule has 0 atom stereocenters. The predicted molar refractivity (Wildman–Crippen MR) is 98.1 cm³/mol. The normalized spacial score (nSPS) is 9.78. The molecule has 0 unspecified atom stereocenters. The van der Waals surface area contributed by atoms with Gasteiger partial charge in [0.05, 0.1) is 0 Å². The van der Waals surface area contributed by atoms with Crippen LogP contribution in [0.4, 0.5) is 0 Å². The van der Waals surface area contributed by atoms with Gasteiger partial charge in [0.2, 0.25) is 11.8 Å². The van der Waals surface area contributed by atoms with Gasteiger partial charge in [0.1, 0.15) is 0 Å². The molecule has 0 aliphatic carbocycles. The zero-order valence-corrected chi connectivity index (χ0v) is 17.9. The van der Waals surface area contributed by atoms with Gasteiger partial charge < -0.3 is 21.3 Å². The molecule has 0 heterocycles. The van der Waals surface area contributed by atoms with Crippen LogP contribution in [0.1, 0.15) is 26.7 Å². The fraction of sp³-hybridized carbons (Fsp3) is 0.625. The van der Waals surface area contributed by atoms with Crippen LogP contribution in [0, 0.1) is 0 Å². The van der Waals surface area contributed by atoms with Gasteiger partial charge in [-0.3, -0.25) is 9.59 Å². The second-order valence-corrected chi connectivity index (χ2v) is 7.14. The van der Waals surface area contributed by atoms with Crippen molar-refractivity contribution >= 4 is 11.8 Å². The molecule has 0 radical (unpaired) electrons. The van der Waals surface area contributed by atoms with Gasteiger partial charge in [0.15, 0.2) is 0 Å². The van der Waals surface area contributed by atoms with Crippen molar-refractivity contribution in [3.63, 3.8) is 0 Å². The number of nitrogens with zero attached hydrogens (tertiary/aromatic N) is 2. The second-order valence-electron chi connectivity index (χ2n) is 5.75. The Morgan fingerprint density at radius 1 is 0.852 bits per heavy atom. The summed E-state index contributed by atoms with van der Waals surface area (Å²) in [6, 6.07) is 0. The molecule has 0 aliphatic heterocycles. The molecular weight excluding hydrogens is 396 g/mol. The Morgan fingerprint density at radius 3 is 1.22 bits per heavy atom. The van der Waals surface area contributed by atoms with Gasteiger partial charge in [-0.25, -0.2) is 0 Å². The molecule has 27 heavy (non-hydrogen) atoms. The fourth-order valence-corrected chi connectivity index (χ4v) is 1.51. The van der Waals surface area contributed by atoms with Crippen molar-refractivity contribution in [1.29, 1.82) is 0 Å². The first-order chi connectivity index (χ1) is 12.2. The van der Waals surface area contributed by atoms with Crippen molar-refractivity contribution in [3.8, 4) is 0 Å². The van der Waals surface area contributed by atoms with Crippen LogP contribution in [-0.2, 0) is 30.8 Å². The van der Waals surface area contributed by atoms with Gasteiger partial charge in [0.25, 0.3) is 0 Å². The van der Waals surface area contributed by atoms with Crippen LogP contribution in [0.3, 0.4) is 0 Å². The van der Waals surface area contributed by atoms with Gasteiger partial charge in [0, 0.05) is 38.3 Å². The van der Waals surface area contributed by atoms with Crippen LogP contribution in [0.15, 0.2) is 24.3 Å². The number of hydrogen-bond donors (Lipinski definition) is 4. The molecule has 11 heteroatoms. The Labute approximate surface area is 163 Å². The molecule has 0 fully saturated rings. The van der Waals surface area contributed by atoms with Gasteiger partial charge in [-0.1, -0.05) is 13.2 Å². The Balaban J connectivity index is -0.000000344. The monoisotopic (exact) mass is 430 g/mol. The number of likely N-dealkylation sites (N-methyl/N-ethyl adjacent to an activating group) is 2. The maximum atomic E-state index is 11.1. The first-order valence-electron chi connectivity index (χ1n) is 8.10. The van der Waals surface area contributed by atoms with E-state index in [1.807, 2.05) is 0 Å². The van der Waals surface area contributed by atoms with E-state index in [-0.39, 0.29) is 11.8 Å². The SMILES string of the molecule is C=C(C)C(=O)N(C)CCCN.C=C(C)C(=O)N(C)CCCN.[O]=[Cr](=[O])([OH])[OH]. The zero-order valence-electron chi connectivity index (χ0n) is 16.6. The third kappa shape index (κ3) is 24.4. The summed E-state index contributed by atoms with van der Waals surface area (Å²) >= 11 is -5.25. The Hall–Kier alpha value is -1.61. The van der Waals surface area contributed by atoms with Gasteiger partial charge >= 0.3 is 29.5 Å². The summed E-state index contributed by atoms with van der Waals surface area (Å²) in [4.78, 5) is 25.5. The van der Waals surface area contributed by atoms with E-state index in [9.17, 15) is 9.59 Å². The van der Waals surface area contributed by atoms with Gasteiger partial charge in [-0.15, -0.1) is 0 Å². The van der Waals surface area contributed by atoms with Crippen molar-refractivity contribution < 1.29 is 39.1 Å². The molecule has 0 saturated heterocycles. The number of hydrogen-bond acceptors (Lipinski definition) is 6. The van der Waals surface area contributed by atoms with Gasteiger partial charge in [-0.05, 0) is 39.8 Å². The fourth-order valence-electron chi connectivity index (χ4n) is 1.51. The Kier molecular flexibility index (Phi) is 18.5. The van der Waals surface area contributed by atoms with Crippen LogP contribution >= 0.6 is 0 Å². The summed E-state index contributed by atoms with van der Waals surface area (Å²) < 4.78 is 31.9. The summed E-state index contributed by atoms with van der Waals surface area (Å²) in [7, 11) is 3.51. The first kappa shape index (κ1) is 30.1. The molecule has 0 aromatic rings. The summed E-state index contributed by atoms with van der Waals surface area (Å²) in [5.74, 6) is -0.00287. The molecule has 0 aromatic carbocycles. The maximum absolute atomic E-state index is 11.1. The van der Waals surface area contributed by atoms with E-state index < -0.39 is 13.6 Å². The zero-order chi connectivity index (χ0) is 22.2. The van der Waals surface area contributed by atoms with Crippen LogP contribution in [0.25, 0.3) is 0 Å². The van der Waals surface area contributed by atoms with Crippen molar-refractivity contribution in [3.05, 3.63) is 24.3 Å². The van der Waals surface area contributed by atoms with E-state index in [0.29, 0.717) is 37.3 Å². The summed E-state index contributed by atoms with van der Waals surface area (Å²) in [5.41, 5.74) is 11.7. The average Bonchev–Trinajstić information content (AvgIpc) is 2.54. The number of carbonyl (C=O) groups is 2. The molecule has 0 saturated carbocycles. The third-order valence-corrected chi connectivity index (χ3v) is 2.82. The Bertz CT molecular complexity index is 533. The Morgan fingerprint density at radius 2 is 1.07 bits per heavy atom. The number of rotatable bonds is 8. The van der Waals surface area contributed by atoms with Crippen molar-refractivity contribution in [2.45, 2.75) is 26.7 Å². The molecule has 0 bridgehead atoms. The van der Waals surface area contributed by atoms with Crippen LogP contribution in [0.5, 0.6) is 0 Å². The minimum atomic E-state index is -5.25. The molecule has 10 nitrogen and oxygen atoms in total. The van der Waals surface area contributed by atoms with E-state index in [4.69, 9.17) is 27.4 Å². The molecule has 2 amide bonds. The minimum absolute atomic E-state index is 0.00144. The number of nitrogens with two attached hydrogens (primary N) is 2. The van der Waals surface area contributed by atoms with E-state index in [1.54, 1.807) is 37.7 Å². The molecule has 160 valence electrons. The third-order valence-electron chi connectivity index (χ3n) is 2.82. The molecule has 0 spiro atoms. The molecule has 6 N–H and O–H groups in total. The van der Waals surface area contributed by atoms with Crippen molar-refractivity contribution in [2.24, 2.45) is 11.5 Å². The molecular formula is C16H34CrN4O6. The van der Waals surface area contributed by atoms with E-state index in [1.165, 1.54) is 0 Å². The number of amides is 2. The second kappa shape index (κ2) is 16.6. The van der Waals surface area contributed by atoms with Crippen LogP contribution in [0.2, 0.25) is 0 Å². The van der Waals surface area contributed by atoms with E-state index in [0.717, 1.165) is 12.8 Å². The summed E-state index contributed by atoms with van der Waals surface area (Å²) in [6.07, 6.45) is 1.69. The standard InChI is InChI=1S/2C8H16N2O.Cr.2H2O.2O/c2*1-7(2)8(11)10(3)6-4-5-9;;;;;/h2*1,4-6,9H2,2-3H3;;2*1H2;;/q;;+2;;;;/p-2. The molecule has 0 aliphatic rings. The summed E-state index contributed by atoms with van der Waals surface area (Å²) in [6.45, 7) is 13.2. The van der Waals surface area contributed by atoms with E-state index >= 15 is 0 Å². The van der Waals surface area contributed by atoms with Gasteiger partial charge in [-0.2, -0.15) is 0 Å². The average molecular weight is 430 g/mol. The predicted octanol–water partition coefficient (Wildman–Crippen LogP) is -0.615. The number of carbonyl (C=O) groups excluding carboxylic acids is 2. The quantitative estimate of drug-likeness (QED) is 0.370. The first-order valence-corrected chi connectivity index (χ1v) is 10.3. The van der Waals surface area contributed by atoms with Crippen molar-refractivity contribution in [1.82, 2.24) is 9.80 Å². The molecule has 0 rings (SSSR count). The topological polar surface area (TPSA) is 167 Å². The summed E-state index contributed by atoms with van der Waals surface area (Å²) in [5, 5.41) is 0. The van der Waals surface area contributed by atoms with E-state index in [2.05, 4.69) is 13.2 Å². The van der Waals surface area contributed by atoms with Crippen LogP contribution < -0.4 is 11.5 Å². The van der Waals surface area contributed by atoms with Crippen LogP contribution in [-0.4, -0.2) is 70.2 Å². The molecule has 0 aromatic heterocycles. The van der Waals surface area contributed by atoms with Crippen molar-refractivity contribution in [2.75, 3.05) is 40.3 Å².